The summed E-state index contributed by atoms with van der Waals surface area (Å²) in [6.45, 7) is 6.84. The zero-order valence-electron chi connectivity index (χ0n) is 18.6. The summed E-state index contributed by atoms with van der Waals surface area (Å²) in [5.74, 6) is -0.812. The van der Waals surface area contributed by atoms with Crippen LogP contribution in [0.25, 0.3) is 5.76 Å². The Bertz CT molecular complexity index is 1030. The second kappa shape index (κ2) is 10.2. The van der Waals surface area contributed by atoms with Crippen LogP contribution in [0, 0.1) is 0 Å². The number of phenolic OH excluding ortho intramolecular Hbond substituents is 1. The largest absolute Gasteiger partial charge is 0.508 e. The van der Waals surface area contributed by atoms with Crippen LogP contribution >= 0.6 is 0 Å². The molecule has 1 saturated heterocycles. The van der Waals surface area contributed by atoms with E-state index in [0.717, 1.165) is 6.42 Å². The van der Waals surface area contributed by atoms with Gasteiger partial charge in [-0.25, -0.2) is 0 Å². The van der Waals surface area contributed by atoms with E-state index in [4.69, 9.17) is 9.47 Å². The summed E-state index contributed by atoms with van der Waals surface area (Å²) in [4.78, 5) is 27.4. The molecular weight excluding hydrogens is 410 g/mol. The average Bonchev–Trinajstić information content (AvgIpc) is 3.02. The molecule has 1 unspecified atom stereocenters. The number of ketones is 1. The maximum absolute atomic E-state index is 13.1. The van der Waals surface area contributed by atoms with Crippen molar-refractivity contribution in [3.05, 3.63) is 59.2 Å². The van der Waals surface area contributed by atoms with E-state index < -0.39 is 17.7 Å². The average molecular weight is 440 g/mol. The molecule has 1 aliphatic rings. The zero-order valence-corrected chi connectivity index (χ0v) is 18.6. The van der Waals surface area contributed by atoms with Gasteiger partial charge < -0.3 is 24.6 Å². The van der Waals surface area contributed by atoms with Crippen molar-refractivity contribution in [1.82, 2.24) is 4.90 Å². The summed E-state index contributed by atoms with van der Waals surface area (Å²) in [6, 6.07) is 10.5. The number of aliphatic hydroxyl groups excluding tert-OH is 1. The smallest absolute Gasteiger partial charge is 0.295 e. The molecule has 2 aromatic rings. The number of aliphatic hydroxyl groups is 1. The van der Waals surface area contributed by atoms with Crippen molar-refractivity contribution in [1.29, 1.82) is 0 Å². The van der Waals surface area contributed by atoms with E-state index in [1.54, 1.807) is 30.3 Å². The monoisotopic (exact) mass is 439 g/mol. The molecule has 170 valence electrons. The maximum atomic E-state index is 13.1. The third-order valence-corrected chi connectivity index (χ3v) is 5.30. The van der Waals surface area contributed by atoms with Crippen LogP contribution in [0.15, 0.2) is 48.0 Å². The van der Waals surface area contributed by atoms with Crippen molar-refractivity contribution in [2.45, 2.75) is 39.7 Å². The molecular formula is C25H29NO6. The fourth-order valence-corrected chi connectivity index (χ4v) is 3.86. The van der Waals surface area contributed by atoms with Crippen molar-refractivity contribution in [3.8, 4) is 17.2 Å². The first-order valence-electron chi connectivity index (χ1n) is 10.9. The summed E-state index contributed by atoms with van der Waals surface area (Å²) in [5, 5.41) is 21.3. The van der Waals surface area contributed by atoms with Gasteiger partial charge in [-0.15, -0.1) is 0 Å². The van der Waals surface area contributed by atoms with E-state index in [-0.39, 0.29) is 17.1 Å². The lowest BCUT2D eigenvalue weighted by atomic mass is 9.94. The highest BCUT2D eigenvalue weighted by Crippen LogP contribution is 2.42. The molecule has 0 bridgehead atoms. The van der Waals surface area contributed by atoms with Gasteiger partial charge in [0, 0.05) is 12.6 Å². The SMILES string of the molecule is CCCCN1C(=O)C(=O)/C(=C(\O)c2ccc(OCC)cc2OCC)C1c1cccc(O)c1. The van der Waals surface area contributed by atoms with Gasteiger partial charge in [-0.05, 0) is 50.1 Å². The quantitative estimate of drug-likeness (QED) is 0.341. The number of benzene rings is 2. The molecule has 32 heavy (non-hydrogen) atoms. The molecule has 0 aliphatic carbocycles. The van der Waals surface area contributed by atoms with E-state index >= 15 is 0 Å². The van der Waals surface area contributed by atoms with Gasteiger partial charge in [0.05, 0.1) is 30.4 Å². The number of rotatable bonds is 9. The molecule has 0 spiro atoms. The lowest BCUT2D eigenvalue weighted by molar-refractivity contribution is -0.139. The van der Waals surface area contributed by atoms with E-state index in [0.29, 0.717) is 48.8 Å². The summed E-state index contributed by atoms with van der Waals surface area (Å²) < 4.78 is 11.2. The van der Waals surface area contributed by atoms with Gasteiger partial charge >= 0.3 is 0 Å². The molecule has 2 N–H and O–H groups in total. The van der Waals surface area contributed by atoms with E-state index in [1.165, 1.54) is 17.0 Å². The maximum Gasteiger partial charge on any atom is 0.295 e. The molecule has 0 saturated carbocycles. The van der Waals surface area contributed by atoms with Gasteiger partial charge in [0.25, 0.3) is 11.7 Å². The van der Waals surface area contributed by atoms with Crippen LogP contribution in [0.1, 0.15) is 50.8 Å². The minimum absolute atomic E-state index is 0.0136. The third kappa shape index (κ3) is 4.56. The Morgan fingerprint density at radius 3 is 2.44 bits per heavy atom. The number of hydrogen-bond donors (Lipinski definition) is 2. The number of amides is 1. The van der Waals surface area contributed by atoms with E-state index in [2.05, 4.69) is 0 Å². The van der Waals surface area contributed by atoms with Crippen molar-refractivity contribution in [3.63, 3.8) is 0 Å². The fourth-order valence-electron chi connectivity index (χ4n) is 3.86. The summed E-state index contributed by atoms with van der Waals surface area (Å²) in [5.41, 5.74) is 0.821. The number of nitrogens with zero attached hydrogens (tertiary/aromatic N) is 1. The number of carbonyl (C=O) groups is 2. The van der Waals surface area contributed by atoms with Gasteiger partial charge in [0.15, 0.2) is 0 Å². The molecule has 1 aliphatic heterocycles. The molecule has 1 amide bonds. The van der Waals surface area contributed by atoms with E-state index in [9.17, 15) is 19.8 Å². The van der Waals surface area contributed by atoms with Crippen LogP contribution in [0.4, 0.5) is 0 Å². The molecule has 1 atom stereocenters. The van der Waals surface area contributed by atoms with Crippen molar-refractivity contribution < 1.29 is 29.3 Å². The molecule has 7 heteroatoms. The second-order valence-corrected chi connectivity index (χ2v) is 7.47. The summed E-state index contributed by atoms with van der Waals surface area (Å²) in [7, 11) is 0. The summed E-state index contributed by atoms with van der Waals surface area (Å²) >= 11 is 0. The van der Waals surface area contributed by atoms with Crippen molar-refractivity contribution >= 4 is 17.4 Å². The Balaban J connectivity index is 2.19. The minimum atomic E-state index is -0.810. The Labute approximate surface area is 187 Å². The standard InChI is InChI=1S/C25H29NO6/c1-4-7-13-26-22(16-9-8-10-17(27)14-16)21(24(29)25(26)30)23(28)19-12-11-18(31-5-2)15-20(19)32-6-3/h8-12,14-15,22,27-28H,4-7,13H2,1-3H3/b23-21-. The first-order valence-corrected chi connectivity index (χ1v) is 10.9. The normalized spacial score (nSPS) is 17.6. The number of carbonyl (C=O) groups excluding carboxylic acids is 2. The Morgan fingerprint density at radius 1 is 1.03 bits per heavy atom. The number of hydrogen-bond acceptors (Lipinski definition) is 6. The molecule has 2 aromatic carbocycles. The van der Waals surface area contributed by atoms with Gasteiger partial charge in [-0.2, -0.15) is 0 Å². The van der Waals surface area contributed by atoms with Crippen LogP contribution in [-0.4, -0.2) is 46.6 Å². The highest BCUT2D eigenvalue weighted by Gasteiger charge is 2.46. The number of aromatic hydroxyl groups is 1. The second-order valence-electron chi connectivity index (χ2n) is 7.47. The van der Waals surface area contributed by atoms with Gasteiger partial charge in [0.1, 0.15) is 23.0 Å². The highest BCUT2D eigenvalue weighted by molar-refractivity contribution is 6.46. The first-order chi connectivity index (χ1) is 15.4. The van der Waals surface area contributed by atoms with Crippen LogP contribution in [0.3, 0.4) is 0 Å². The number of unbranched alkanes of at least 4 members (excludes halogenated alkanes) is 1. The number of phenols is 1. The Morgan fingerprint density at radius 2 is 1.78 bits per heavy atom. The molecule has 1 fully saturated rings. The highest BCUT2D eigenvalue weighted by atomic mass is 16.5. The van der Waals surface area contributed by atoms with Crippen LogP contribution in [0.2, 0.25) is 0 Å². The van der Waals surface area contributed by atoms with Crippen molar-refractivity contribution in [2.24, 2.45) is 0 Å². The van der Waals surface area contributed by atoms with Crippen LogP contribution in [-0.2, 0) is 9.59 Å². The third-order valence-electron chi connectivity index (χ3n) is 5.30. The van der Waals surface area contributed by atoms with Gasteiger partial charge in [-0.3, -0.25) is 9.59 Å². The fraction of sp³-hybridized carbons (Fsp3) is 0.360. The number of ether oxygens (including phenoxy) is 2. The van der Waals surface area contributed by atoms with Crippen molar-refractivity contribution in [2.75, 3.05) is 19.8 Å². The molecule has 7 nitrogen and oxygen atoms in total. The Hall–Kier alpha value is -3.48. The van der Waals surface area contributed by atoms with Gasteiger partial charge in [0.2, 0.25) is 0 Å². The molecule has 1 heterocycles. The lowest BCUT2D eigenvalue weighted by Crippen LogP contribution is -2.30. The Kier molecular flexibility index (Phi) is 7.41. The van der Waals surface area contributed by atoms with E-state index in [1.807, 2.05) is 20.8 Å². The van der Waals surface area contributed by atoms with Crippen LogP contribution in [0.5, 0.6) is 17.2 Å². The topological polar surface area (TPSA) is 96.3 Å². The minimum Gasteiger partial charge on any atom is -0.508 e. The predicted octanol–water partition coefficient (Wildman–Crippen LogP) is 4.41. The van der Waals surface area contributed by atoms with Crippen LogP contribution < -0.4 is 9.47 Å². The molecule has 3 rings (SSSR count). The predicted molar refractivity (Wildman–Crippen MR) is 121 cm³/mol. The molecule has 0 aromatic heterocycles. The first kappa shape index (κ1) is 23.2. The van der Waals surface area contributed by atoms with Gasteiger partial charge in [-0.1, -0.05) is 25.5 Å². The molecule has 0 radical (unpaired) electrons. The zero-order chi connectivity index (χ0) is 23.3. The number of Topliss-reactive ketones (excluding diaryl/α,β-unsaturated/α-hetero) is 1. The summed E-state index contributed by atoms with van der Waals surface area (Å²) in [6.07, 6.45) is 1.54. The lowest BCUT2D eigenvalue weighted by Gasteiger charge is -2.25. The number of likely N-dealkylation sites (tertiary alicyclic amines) is 1.